The Kier molecular flexibility index (Phi) is 7.26. The molecule has 9 heteroatoms. The van der Waals surface area contributed by atoms with Crippen molar-refractivity contribution in [3.63, 3.8) is 0 Å². The van der Waals surface area contributed by atoms with Crippen molar-refractivity contribution in [1.29, 1.82) is 0 Å². The molecule has 0 saturated carbocycles. The van der Waals surface area contributed by atoms with E-state index in [-0.39, 0.29) is 12.2 Å². The second-order valence-corrected chi connectivity index (χ2v) is 10.9. The highest BCUT2D eigenvalue weighted by atomic mass is 35.5. The zero-order chi connectivity index (χ0) is 28.5. The van der Waals surface area contributed by atoms with Gasteiger partial charge in [0.15, 0.2) is 4.80 Å². The molecule has 2 aromatic heterocycles. The van der Waals surface area contributed by atoms with Crippen LogP contribution in [0.2, 0.25) is 5.02 Å². The van der Waals surface area contributed by atoms with Crippen molar-refractivity contribution in [1.82, 2.24) is 14.3 Å². The van der Waals surface area contributed by atoms with Gasteiger partial charge in [0.25, 0.3) is 5.56 Å². The topological polar surface area (TPSA) is 78.5 Å². The molecule has 3 aromatic carbocycles. The number of fused-ring (bicyclic) bond motifs is 1. The Morgan fingerprint density at radius 1 is 1.02 bits per heavy atom. The largest absolute Gasteiger partial charge is 0.463 e. The highest BCUT2D eigenvalue weighted by molar-refractivity contribution is 7.07. The third-order valence-corrected chi connectivity index (χ3v) is 8.03. The van der Waals surface area contributed by atoms with Crippen LogP contribution in [-0.2, 0) is 9.53 Å². The summed E-state index contributed by atoms with van der Waals surface area (Å²) in [6.07, 6.45) is 3.74. The maximum Gasteiger partial charge on any atom is 0.338 e. The Morgan fingerprint density at radius 3 is 2.39 bits per heavy atom. The summed E-state index contributed by atoms with van der Waals surface area (Å²) in [5.41, 5.74) is 4.67. The highest BCUT2D eigenvalue weighted by Crippen LogP contribution is 2.31. The maximum atomic E-state index is 14.1. The predicted octanol–water partition coefficient (Wildman–Crippen LogP) is 5.30. The van der Waals surface area contributed by atoms with Gasteiger partial charge in [0.05, 0.1) is 34.1 Å². The molecule has 0 amide bonds. The van der Waals surface area contributed by atoms with E-state index in [9.17, 15) is 9.59 Å². The average Bonchev–Trinajstić information content (AvgIpc) is 3.54. The molecule has 0 unspecified atom stereocenters. The van der Waals surface area contributed by atoms with Crippen LogP contribution in [0.1, 0.15) is 31.0 Å². The second-order valence-electron chi connectivity index (χ2n) is 9.43. The molecule has 0 radical (unpaired) electrons. The van der Waals surface area contributed by atoms with Crippen molar-refractivity contribution in [2.24, 2.45) is 4.99 Å². The summed E-state index contributed by atoms with van der Waals surface area (Å²) in [6, 6.07) is 26.1. The van der Waals surface area contributed by atoms with Gasteiger partial charge in [-0.1, -0.05) is 83.6 Å². The standard InChI is InChI=1S/C32H25ClN4O3S/c1-3-40-31(39)27-20(2)34-32-37(29(27)22-10-6-4-7-11-22)30(38)26(41-32)18-23-19-36(25-12-8-5-9-13-25)35-28(23)21-14-16-24(33)17-15-21/h4-19,29H,3H2,1-2H3/b26-18-/t29-/m1/s1. The van der Waals surface area contributed by atoms with E-state index in [1.807, 2.05) is 97.2 Å². The monoisotopic (exact) mass is 580 g/mol. The lowest BCUT2D eigenvalue weighted by atomic mass is 9.96. The number of nitrogens with zero attached hydrogens (tertiary/aromatic N) is 4. The minimum Gasteiger partial charge on any atom is -0.463 e. The summed E-state index contributed by atoms with van der Waals surface area (Å²) in [4.78, 5) is 32.4. The Morgan fingerprint density at radius 2 is 1.71 bits per heavy atom. The first-order chi connectivity index (χ1) is 19.9. The Balaban J connectivity index is 1.56. The third kappa shape index (κ3) is 5.08. The van der Waals surface area contributed by atoms with Crippen LogP contribution in [0.4, 0.5) is 0 Å². The summed E-state index contributed by atoms with van der Waals surface area (Å²) in [6.45, 7) is 3.76. The molecule has 7 nitrogen and oxygen atoms in total. The molecule has 1 aliphatic rings. The lowest BCUT2D eigenvalue weighted by molar-refractivity contribution is -0.139. The highest BCUT2D eigenvalue weighted by Gasteiger charge is 2.33. The van der Waals surface area contributed by atoms with Crippen molar-refractivity contribution in [3.8, 4) is 16.9 Å². The van der Waals surface area contributed by atoms with E-state index in [4.69, 9.17) is 21.4 Å². The van der Waals surface area contributed by atoms with E-state index in [1.54, 1.807) is 23.1 Å². The molecule has 204 valence electrons. The lowest BCUT2D eigenvalue weighted by Gasteiger charge is -2.24. The van der Waals surface area contributed by atoms with E-state index in [2.05, 4.69) is 4.99 Å². The molecule has 1 aliphatic heterocycles. The van der Waals surface area contributed by atoms with Crippen LogP contribution < -0.4 is 14.9 Å². The molecular formula is C32H25ClN4O3S. The fraction of sp³-hybridized carbons (Fsp3) is 0.125. The van der Waals surface area contributed by atoms with E-state index >= 15 is 0 Å². The quantitative estimate of drug-likeness (QED) is 0.255. The van der Waals surface area contributed by atoms with Gasteiger partial charge in [-0.15, -0.1) is 0 Å². The summed E-state index contributed by atoms with van der Waals surface area (Å²) >= 11 is 7.44. The normalized spacial score (nSPS) is 15.0. The zero-order valence-electron chi connectivity index (χ0n) is 22.3. The molecule has 41 heavy (non-hydrogen) atoms. The van der Waals surface area contributed by atoms with Gasteiger partial charge in [0.2, 0.25) is 0 Å². The third-order valence-electron chi connectivity index (χ3n) is 6.80. The summed E-state index contributed by atoms with van der Waals surface area (Å²) in [7, 11) is 0. The molecule has 0 saturated heterocycles. The van der Waals surface area contributed by atoms with E-state index < -0.39 is 12.0 Å². The van der Waals surface area contributed by atoms with Crippen molar-refractivity contribution in [2.45, 2.75) is 19.9 Å². The Bertz CT molecular complexity index is 1960. The SMILES string of the molecule is CCOC(=O)C1=C(C)N=c2s/c(=C\c3cn(-c4ccccc4)nc3-c3ccc(Cl)cc3)c(=O)n2[C@@H]1c1ccccc1. The van der Waals surface area contributed by atoms with Crippen LogP contribution in [0.15, 0.2) is 112 Å². The minimum atomic E-state index is -0.656. The molecule has 5 aromatic rings. The number of halogens is 1. The van der Waals surface area contributed by atoms with Crippen LogP contribution in [0.25, 0.3) is 23.0 Å². The summed E-state index contributed by atoms with van der Waals surface area (Å²) in [5.74, 6) is -0.481. The fourth-order valence-corrected chi connectivity index (χ4v) is 6.08. The van der Waals surface area contributed by atoms with Crippen LogP contribution >= 0.6 is 22.9 Å². The van der Waals surface area contributed by atoms with Crippen molar-refractivity contribution >= 4 is 35.0 Å². The number of ether oxygens (including phenoxy) is 1. The van der Waals surface area contributed by atoms with Crippen molar-refractivity contribution < 1.29 is 9.53 Å². The van der Waals surface area contributed by atoms with Gasteiger partial charge in [-0.2, -0.15) is 5.10 Å². The Hall–Kier alpha value is -4.53. The number of benzene rings is 3. The average molecular weight is 581 g/mol. The van der Waals surface area contributed by atoms with Crippen molar-refractivity contribution in [2.75, 3.05) is 6.61 Å². The van der Waals surface area contributed by atoms with Gasteiger partial charge < -0.3 is 4.74 Å². The molecule has 0 bridgehead atoms. The van der Waals surface area contributed by atoms with Gasteiger partial charge in [-0.25, -0.2) is 14.5 Å². The van der Waals surface area contributed by atoms with Gasteiger partial charge in [-0.3, -0.25) is 9.36 Å². The summed E-state index contributed by atoms with van der Waals surface area (Å²) < 4.78 is 9.25. The molecule has 0 aliphatic carbocycles. The van der Waals surface area contributed by atoms with Gasteiger partial charge in [0, 0.05) is 22.3 Å². The lowest BCUT2D eigenvalue weighted by Crippen LogP contribution is -2.39. The number of carbonyl (C=O) groups excluding carboxylic acids is 1. The molecular weight excluding hydrogens is 556 g/mol. The molecule has 6 rings (SSSR count). The van der Waals surface area contributed by atoms with E-state index in [0.29, 0.717) is 31.3 Å². The molecule has 0 spiro atoms. The van der Waals surface area contributed by atoms with Gasteiger partial charge >= 0.3 is 5.97 Å². The summed E-state index contributed by atoms with van der Waals surface area (Å²) in [5, 5.41) is 5.49. The van der Waals surface area contributed by atoms with E-state index in [0.717, 1.165) is 22.4 Å². The number of para-hydroxylation sites is 1. The first-order valence-corrected chi connectivity index (χ1v) is 14.3. The number of esters is 1. The number of hydrogen-bond donors (Lipinski definition) is 0. The van der Waals surface area contributed by atoms with Gasteiger partial charge in [-0.05, 0) is 49.8 Å². The number of allylic oxidation sites excluding steroid dienone is 1. The van der Waals surface area contributed by atoms with E-state index in [1.165, 1.54) is 11.3 Å². The van der Waals surface area contributed by atoms with Crippen LogP contribution in [0.3, 0.4) is 0 Å². The number of carbonyl (C=O) groups is 1. The number of hydrogen-bond acceptors (Lipinski definition) is 6. The maximum absolute atomic E-state index is 14.1. The van der Waals surface area contributed by atoms with Crippen molar-refractivity contribution in [3.05, 3.63) is 138 Å². The van der Waals surface area contributed by atoms with Crippen LogP contribution in [0, 0.1) is 0 Å². The first-order valence-electron chi connectivity index (χ1n) is 13.1. The smallest absolute Gasteiger partial charge is 0.338 e. The van der Waals surface area contributed by atoms with Crippen LogP contribution in [0.5, 0.6) is 0 Å². The molecule has 1 atom stereocenters. The zero-order valence-corrected chi connectivity index (χ0v) is 23.9. The minimum absolute atomic E-state index is 0.223. The fourth-order valence-electron chi connectivity index (χ4n) is 4.92. The predicted molar refractivity (Wildman–Crippen MR) is 161 cm³/mol. The number of aromatic nitrogens is 3. The first kappa shape index (κ1) is 26.7. The Labute approximate surface area is 245 Å². The van der Waals surface area contributed by atoms with Crippen LogP contribution in [-0.4, -0.2) is 26.9 Å². The number of rotatable bonds is 6. The molecule has 0 fully saturated rings. The van der Waals surface area contributed by atoms with Gasteiger partial charge in [0.1, 0.15) is 5.69 Å². The molecule has 0 N–H and O–H groups in total. The second kappa shape index (κ2) is 11.2. The molecule has 3 heterocycles. The number of thiazole rings is 1.